The third kappa shape index (κ3) is 3.01. The number of hydrogen-bond acceptors (Lipinski definition) is 3. The van der Waals surface area contributed by atoms with Gasteiger partial charge in [0.1, 0.15) is 5.76 Å². The molecule has 2 heterocycles. The van der Waals surface area contributed by atoms with Crippen LogP contribution in [0.1, 0.15) is 33.3 Å². The van der Waals surface area contributed by atoms with Gasteiger partial charge in [0.2, 0.25) is 5.76 Å². The normalized spacial score (nSPS) is 11.7. The molecule has 0 atom stereocenters. The van der Waals surface area contributed by atoms with Gasteiger partial charge in [-0.3, -0.25) is 9.89 Å². The Bertz CT molecular complexity index is 628. The van der Waals surface area contributed by atoms with Crippen LogP contribution in [0.5, 0.6) is 0 Å². The summed E-state index contributed by atoms with van der Waals surface area (Å²) in [4.78, 5) is 11.8. The Morgan fingerprint density at radius 3 is 2.65 bits per heavy atom. The Labute approximate surface area is 112 Å². The molecule has 0 saturated heterocycles. The van der Waals surface area contributed by atoms with Crippen molar-refractivity contribution >= 4 is 5.91 Å². The van der Waals surface area contributed by atoms with Gasteiger partial charge in [-0.05, 0) is 26.0 Å². The first-order chi connectivity index (χ1) is 9.27. The van der Waals surface area contributed by atoms with Crippen molar-refractivity contribution in [1.29, 1.82) is 0 Å². The lowest BCUT2D eigenvalue weighted by Gasteiger charge is -2.06. The zero-order chi connectivity index (χ0) is 14.9. The van der Waals surface area contributed by atoms with Crippen LogP contribution in [-0.4, -0.2) is 16.1 Å². The van der Waals surface area contributed by atoms with E-state index in [1.165, 1.54) is 6.92 Å². The third-order valence-corrected chi connectivity index (χ3v) is 2.55. The van der Waals surface area contributed by atoms with Crippen molar-refractivity contribution in [2.24, 2.45) is 0 Å². The average molecular weight is 287 g/mol. The molecule has 20 heavy (non-hydrogen) atoms. The Morgan fingerprint density at radius 1 is 1.40 bits per heavy atom. The molecule has 2 N–H and O–H groups in total. The Hall–Kier alpha value is -2.25. The van der Waals surface area contributed by atoms with Crippen LogP contribution in [-0.2, 0) is 12.7 Å². The van der Waals surface area contributed by atoms with Gasteiger partial charge in [0.05, 0.1) is 17.8 Å². The van der Waals surface area contributed by atoms with Gasteiger partial charge in [-0.2, -0.15) is 18.3 Å². The molecule has 0 aliphatic heterocycles. The van der Waals surface area contributed by atoms with Crippen LogP contribution in [0.15, 0.2) is 16.5 Å². The van der Waals surface area contributed by atoms with Crippen LogP contribution >= 0.6 is 0 Å². The molecule has 2 aromatic rings. The van der Waals surface area contributed by atoms with Crippen LogP contribution in [0.3, 0.4) is 0 Å². The number of alkyl halides is 3. The molecule has 1 amide bonds. The Morgan fingerprint density at radius 2 is 2.10 bits per heavy atom. The minimum Gasteiger partial charge on any atom is -0.456 e. The van der Waals surface area contributed by atoms with Gasteiger partial charge < -0.3 is 9.73 Å². The van der Waals surface area contributed by atoms with Crippen molar-refractivity contribution in [3.8, 4) is 0 Å². The second kappa shape index (κ2) is 5.03. The molecule has 8 heteroatoms. The van der Waals surface area contributed by atoms with Crippen LogP contribution in [0.4, 0.5) is 13.2 Å². The molecule has 0 bridgehead atoms. The van der Waals surface area contributed by atoms with E-state index in [1.807, 2.05) is 0 Å². The fourth-order valence-corrected chi connectivity index (χ4v) is 1.72. The van der Waals surface area contributed by atoms with Crippen LogP contribution < -0.4 is 5.32 Å². The van der Waals surface area contributed by atoms with Crippen molar-refractivity contribution < 1.29 is 22.4 Å². The maximum Gasteiger partial charge on any atom is 0.450 e. The minimum atomic E-state index is -4.70. The zero-order valence-electron chi connectivity index (χ0n) is 10.8. The molecule has 2 aromatic heterocycles. The molecule has 2 rings (SSSR count). The van der Waals surface area contributed by atoms with E-state index in [1.54, 1.807) is 13.0 Å². The summed E-state index contributed by atoms with van der Waals surface area (Å²) in [5, 5.41) is 8.92. The highest BCUT2D eigenvalue weighted by Crippen LogP contribution is 2.33. The van der Waals surface area contributed by atoms with Gasteiger partial charge in [0, 0.05) is 5.69 Å². The predicted molar refractivity (Wildman–Crippen MR) is 62.9 cm³/mol. The second-order valence-electron chi connectivity index (χ2n) is 4.32. The molecule has 0 unspecified atom stereocenters. The van der Waals surface area contributed by atoms with E-state index < -0.39 is 23.4 Å². The Balaban J connectivity index is 2.13. The van der Waals surface area contributed by atoms with Crippen LogP contribution in [0.25, 0.3) is 0 Å². The quantitative estimate of drug-likeness (QED) is 0.911. The largest absolute Gasteiger partial charge is 0.456 e. The monoisotopic (exact) mass is 287 g/mol. The summed E-state index contributed by atoms with van der Waals surface area (Å²) in [6, 6.07) is 2.75. The van der Waals surface area contributed by atoms with Gasteiger partial charge in [0.25, 0.3) is 5.91 Å². The molecule has 0 saturated carbocycles. The fourth-order valence-electron chi connectivity index (χ4n) is 1.72. The summed E-state index contributed by atoms with van der Waals surface area (Å²) >= 11 is 0. The van der Waals surface area contributed by atoms with Gasteiger partial charge in [0.15, 0.2) is 0 Å². The van der Waals surface area contributed by atoms with Crippen molar-refractivity contribution in [3.05, 3.63) is 40.6 Å². The summed E-state index contributed by atoms with van der Waals surface area (Å²) in [6.07, 6.45) is -4.70. The second-order valence-corrected chi connectivity index (χ2v) is 4.32. The number of aromatic nitrogens is 2. The van der Waals surface area contributed by atoms with Crippen molar-refractivity contribution in [1.82, 2.24) is 15.5 Å². The van der Waals surface area contributed by atoms with Crippen molar-refractivity contribution in [2.45, 2.75) is 26.6 Å². The van der Waals surface area contributed by atoms with Crippen molar-refractivity contribution in [3.63, 3.8) is 0 Å². The number of rotatable bonds is 3. The molecule has 0 fully saturated rings. The number of nitrogens with one attached hydrogen (secondary N) is 2. The lowest BCUT2D eigenvalue weighted by atomic mass is 10.2. The summed E-state index contributed by atoms with van der Waals surface area (Å²) in [6.45, 7) is 3.16. The van der Waals surface area contributed by atoms with Gasteiger partial charge in [-0.15, -0.1) is 0 Å². The SMILES string of the molecule is Cc1cc(CNC(=O)c2cc(C)oc2C(F)(F)F)n[nH]1. The van der Waals surface area contributed by atoms with E-state index >= 15 is 0 Å². The first kappa shape index (κ1) is 14.2. The highest BCUT2D eigenvalue weighted by atomic mass is 19.4. The number of carbonyl (C=O) groups is 1. The number of aryl methyl sites for hydroxylation is 2. The summed E-state index contributed by atoms with van der Waals surface area (Å²) in [7, 11) is 0. The molecule has 108 valence electrons. The highest BCUT2D eigenvalue weighted by molar-refractivity contribution is 5.95. The van der Waals surface area contributed by atoms with Crippen molar-refractivity contribution in [2.75, 3.05) is 0 Å². The molecule has 0 aliphatic carbocycles. The van der Waals surface area contributed by atoms with E-state index in [0.29, 0.717) is 5.69 Å². The topological polar surface area (TPSA) is 70.9 Å². The average Bonchev–Trinajstić information content (AvgIpc) is 2.91. The van der Waals surface area contributed by atoms with E-state index in [2.05, 4.69) is 19.9 Å². The highest BCUT2D eigenvalue weighted by Gasteiger charge is 2.39. The molecular formula is C12H12F3N3O2. The Kier molecular flexibility index (Phi) is 3.56. The lowest BCUT2D eigenvalue weighted by Crippen LogP contribution is -2.25. The molecule has 0 aliphatic rings. The third-order valence-electron chi connectivity index (χ3n) is 2.55. The van der Waals surface area contributed by atoms with Gasteiger partial charge >= 0.3 is 6.18 Å². The molecule has 0 aromatic carbocycles. The summed E-state index contributed by atoms with van der Waals surface area (Å²) in [5.74, 6) is -2.11. The number of H-pyrrole nitrogens is 1. The van der Waals surface area contributed by atoms with Gasteiger partial charge in [-0.1, -0.05) is 0 Å². The van der Waals surface area contributed by atoms with E-state index in [9.17, 15) is 18.0 Å². The van der Waals surface area contributed by atoms with E-state index in [4.69, 9.17) is 0 Å². The number of hydrogen-bond donors (Lipinski definition) is 2. The number of furan rings is 1. The number of amides is 1. The summed E-state index contributed by atoms with van der Waals surface area (Å²) in [5.41, 5.74) is 0.802. The first-order valence-corrected chi connectivity index (χ1v) is 5.74. The molecule has 0 spiro atoms. The maximum atomic E-state index is 12.7. The van der Waals surface area contributed by atoms with E-state index in [0.717, 1.165) is 11.8 Å². The number of aromatic amines is 1. The first-order valence-electron chi connectivity index (χ1n) is 5.74. The zero-order valence-corrected chi connectivity index (χ0v) is 10.8. The predicted octanol–water partition coefficient (Wildman–Crippen LogP) is 2.57. The number of carbonyl (C=O) groups excluding carboxylic acids is 1. The number of halogens is 3. The lowest BCUT2D eigenvalue weighted by molar-refractivity contribution is -0.153. The smallest absolute Gasteiger partial charge is 0.450 e. The standard InChI is InChI=1S/C12H12F3N3O2/c1-6-3-8(18-17-6)5-16-11(19)9-4-7(2)20-10(9)12(13,14)15/h3-4H,5H2,1-2H3,(H,16,19)(H,17,18). The summed E-state index contributed by atoms with van der Waals surface area (Å²) < 4.78 is 42.6. The maximum absolute atomic E-state index is 12.7. The van der Waals surface area contributed by atoms with Gasteiger partial charge in [-0.25, -0.2) is 0 Å². The van der Waals surface area contributed by atoms with Crippen LogP contribution in [0.2, 0.25) is 0 Å². The fraction of sp³-hybridized carbons (Fsp3) is 0.333. The van der Waals surface area contributed by atoms with E-state index in [-0.39, 0.29) is 12.3 Å². The molecular weight excluding hydrogens is 275 g/mol. The number of nitrogens with zero attached hydrogens (tertiary/aromatic N) is 1. The van der Waals surface area contributed by atoms with Crippen LogP contribution in [0, 0.1) is 13.8 Å². The minimum absolute atomic E-state index is 0.0260. The molecule has 0 radical (unpaired) electrons. The molecule has 5 nitrogen and oxygen atoms in total.